The second-order valence-corrected chi connectivity index (χ2v) is 18.4. The summed E-state index contributed by atoms with van der Waals surface area (Å²) in [5, 5.41) is 14.8. The Morgan fingerprint density at radius 1 is 0.933 bits per heavy atom. The van der Waals surface area contributed by atoms with Gasteiger partial charge in [-0.25, -0.2) is 0 Å². The Bertz CT molecular complexity index is 1430. The van der Waals surface area contributed by atoms with Crippen molar-refractivity contribution in [1.29, 1.82) is 0 Å². The zero-order valence-electron chi connectivity index (χ0n) is 27.2. The van der Waals surface area contributed by atoms with E-state index in [1.807, 2.05) is 11.0 Å². The van der Waals surface area contributed by atoms with Crippen molar-refractivity contribution in [3.8, 4) is 5.75 Å². The predicted molar refractivity (Wildman–Crippen MR) is 184 cm³/mol. The van der Waals surface area contributed by atoms with Gasteiger partial charge in [0.2, 0.25) is 0 Å². The normalized spacial score (nSPS) is 24.9. The summed E-state index contributed by atoms with van der Waals surface area (Å²) in [6, 6.07) is 27.5. The number of amides is 1. The number of anilines is 2. The largest absolute Gasteiger partial charge is 0.497 e. The van der Waals surface area contributed by atoms with E-state index in [-0.39, 0.29) is 24.7 Å². The molecule has 0 bridgehead atoms. The lowest BCUT2D eigenvalue weighted by Gasteiger charge is -2.39. The van der Waals surface area contributed by atoms with Gasteiger partial charge in [0.15, 0.2) is 0 Å². The van der Waals surface area contributed by atoms with Crippen LogP contribution < -0.4 is 25.0 Å². The number of hydrogen-bond donors (Lipinski definition) is 2. The molecule has 3 aliphatic heterocycles. The monoisotopic (exact) mass is 627 g/mol. The standard InChI is InChI=1S/C37H49N3O4Si/c1-27-33(44-34(20-25-41)35(27)45(3,4)32-17-15-31(43-2)16-18-32)19-12-28-10-13-29(14-11-28)39-26-40(30-8-6-5-7-9-30)37(36(39)42)21-23-38-24-22-37/h5-11,13-18,27,33-35,38,41H,12,19-26H2,1-4H3/t27-,33+,34-,35+/m0/s1. The molecule has 0 aromatic heterocycles. The summed E-state index contributed by atoms with van der Waals surface area (Å²) in [6.07, 6.45) is 4.36. The fourth-order valence-corrected chi connectivity index (χ4v) is 12.5. The maximum Gasteiger partial charge on any atom is 0.254 e. The summed E-state index contributed by atoms with van der Waals surface area (Å²) < 4.78 is 12.1. The highest BCUT2D eigenvalue weighted by Gasteiger charge is 2.53. The quantitative estimate of drug-likeness (QED) is 0.296. The van der Waals surface area contributed by atoms with E-state index in [0.29, 0.717) is 24.5 Å². The van der Waals surface area contributed by atoms with E-state index in [1.165, 1.54) is 10.8 Å². The van der Waals surface area contributed by atoms with Gasteiger partial charge in [-0.15, -0.1) is 0 Å². The summed E-state index contributed by atoms with van der Waals surface area (Å²) in [7, 11) is -0.205. The highest BCUT2D eigenvalue weighted by Crippen LogP contribution is 2.46. The Hall–Kier alpha value is -3.17. The van der Waals surface area contributed by atoms with Crippen molar-refractivity contribution >= 4 is 30.5 Å². The van der Waals surface area contributed by atoms with E-state index in [9.17, 15) is 9.90 Å². The zero-order valence-corrected chi connectivity index (χ0v) is 28.2. The lowest BCUT2D eigenvalue weighted by Crippen LogP contribution is -2.55. The number of rotatable bonds is 10. The van der Waals surface area contributed by atoms with Gasteiger partial charge in [0.25, 0.3) is 5.91 Å². The molecule has 7 nitrogen and oxygen atoms in total. The number of aryl methyl sites for hydroxylation is 1. The molecule has 4 atom stereocenters. The number of piperidine rings is 1. The van der Waals surface area contributed by atoms with Crippen molar-refractivity contribution in [3.05, 3.63) is 84.4 Å². The molecule has 240 valence electrons. The number of aliphatic hydroxyl groups is 1. The van der Waals surface area contributed by atoms with Gasteiger partial charge in [-0.05, 0) is 98.6 Å². The molecule has 0 saturated carbocycles. The van der Waals surface area contributed by atoms with Crippen molar-refractivity contribution in [2.24, 2.45) is 5.92 Å². The van der Waals surface area contributed by atoms with Crippen LogP contribution in [0.5, 0.6) is 5.75 Å². The van der Waals surface area contributed by atoms with E-state index >= 15 is 0 Å². The number of carbonyl (C=O) groups is 1. The lowest BCUT2D eigenvalue weighted by atomic mass is 9.86. The Kier molecular flexibility index (Phi) is 9.38. The highest BCUT2D eigenvalue weighted by atomic mass is 28.3. The molecule has 0 radical (unpaired) electrons. The van der Waals surface area contributed by atoms with E-state index in [2.05, 4.69) is 103 Å². The molecule has 2 N–H and O–H groups in total. The number of ether oxygens (including phenoxy) is 2. The Balaban J connectivity index is 1.14. The van der Waals surface area contributed by atoms with Gasteiger partial charge in [-0.2, -0.15) is 0 Å². The Labute approximate surface area is 269 Å². The number of carbonyl (C=O) groups excluding carboxylic acids is 1. The molecule has 3 aromatic rings. The highest BCUT2D eigenvalue weighted by molar-refractivity contribution is 6.91. The second kappa shape index (κ2) is 13.3. The zero-order chi connectivity index (χ0) is 31.6. The van der Waals surface area contributed by atoms with Gasteiger partial charge < -0.3 is 24.8 Å². The number of nitrogens with zero attached hydrogens (tertiary/aromatic N) is 2. The van der Waals surface area contributed by atoms with Crippen molar-refractivity contribution in [3.63, 3.8) is 0 Å². The van der Waals surface area contributed by atoms with E-state index < -0.39 is 13.6 Å². The van der Waals surface area contributed by atoms with Gasteiger partial charge in [0, 0.05) is 18.0 Å². The molecule has 3 heterocycles. The van der Waals surface area contributed by atoms with Crippen LogP contribution in [0.2, 0.25) is 18.6 Å². The summed E-state index contributed by atoms with van der Waals surface area (Å²) >= 11 is 0. The Morgan fingerprint density at radius 2 is 1.62 bits per heavy atom. The van der Waals surface area contributed by atoms with Crippen molar-refractivity contribution in [2.45, 2.75) is 75.4 Å². The van der Waals surface area contributed by atoms with Crippen LogP contribution in [0.3, 0.4) is 0 Å². The first-order valence-corrected chi connectivity index (χ1v) is 19.7. The minimum atomic E-state index is -1.91. The minimum Gasteiger partial charge on any atom is -0.497 e. The molecule has 3 aliphatic rings. The van der Waals surface area contributed by atoms with Gasteiger partial charge in [-0.1, -0.05) is 67.7 Å². The van der Waals surface area contributed by atoms with Crippen LogP contribution in [0.15, 0.2) is 78.9 Å². The summed E-state index contributed by atoms with van der Waals surface area (Å²) in [5.74, 6) is 1.49. The molecule has 8 heteroatoms. The fourth-order valence-electron chi connectivity index (χ4n) is 8.36. The van der Waals surface area contributed by atoms with E-state index in [1.54, 1.807) is 7.11 Å². The average molecular weight is 628 g/mol. The number of methoxy groups -OCH3 is 1. The van der Waals surface area contributed by atoms with Crippen LogP contribution in [0.25, 0.3) is 0 Å². The average Bonchev–Trinajstić information content (AvgIpc) is 3.54. The first kappa shape index (κ1) is 31.8. The number of nitrogens with one attached hydrogen (secondary N) is 1. The summed E-state index contributed by atoms with van der Waals surface area (Å²) in [6.45, 7) is 9.64. The third kappa shape index (κ3) is 6.05. The topological polar surface area (TPSA) is 74.3 Å². The number of aliphatic hydroxyl groups excluding tert-OH is 1. The SMILES string of the molecule is COc1ccc([Si](C)(C)[C@@H]2[C@@H](C)[C@@H](CCc3ccc(N4CN(c5ccccc5)C5(CCNCC5)C4=O)cc3)O[C@H]2CCO)cc1. The maximum atomic E-state index is 14.0. The van der Waals surface area contributed by atoms with Gasteiger partial charge >= 0.3 is 0 Å². The van der Waals surface area contributed by atoms with Crippen molar-refractivity contribution in [1.82, 2.24) is 5.32 Å². The third-order valence-corrected chi connectivity index (χ3v) is 15.3. The fraction of sp³-hybridized carbons (Fsp3) is 0.486. The molecule has 0 unspecified atom stereocenters. The van der Waals surface area contributed by atoms with Gasteiger partial charge in [0.1, 0.15) is 11.3 Å². The maximum absolute atomic E-state index is 14.0. The first-order valence-electron chi connectivity index (χ1n) is 16.6. The van der Waals surface area contributed by atoms with Crippen molar-refractivity contribution in [2.75, 3.05) is 43.3 Å². The van der Waals surface area contributed by atoms with Crippen LogP contribution in [0, 0.1) is 5.92 Å². The molecular formula is C37H49N3O4Si. The second-order valence-electron chi connectivity index (χ2n) is 13.7. The minimum absolute atomic E-state index is 0.0668. The number of benzene rings is 3. The van der Waals surface area contributed by atoms with Crippen LogP contribution >= 0.6 is 0 Å². The molecule has 45 heavy (non-hydrogen) atoms. The number of hydrogen-bond acceptors (Lipinski definition) is 6. The third-order valence-electron chi connectivity index (χ3n) is 10.9. The van der Waals surface area contributed by atoms with Crippen LogP contribution in [-0.2, 0) is 16.0 Å². The molecule has 3 fully saturated rings. The predicted octanol–water partition coefficient (Wildman–Crippen LogP) is 5.33. The molecule has 0 aliphatic carbocycles. The molecule has 6 rings (SSSR count). The van der Waals surface area contributed by atoms with Crippen LogP contribution in [-0.4, -0.2) is 70.3 Å². The molecule has 3 aromatic carbocycles. The molecule has 3 saturated heterocycles. The number of para-hydroxylation sites is 1. The molecule has 1 spiro atoms. The Morgan fingerprint density at radius 3 is 2.27 bits per heavy atom. The lowest BCUT2D eigenvalue weighted by molar-refractivity contribution is -0.122. The smallest absolute Gasteiger partial charge is 0.254 e. The van der Waals surface area contributed by atoms with Crippen LogP contribution in [0.4, 0.5) is 11.4 Å². The summed E-state index contributed by atoms with van der Waals surface area (Å²) in [5.41, 5.74) is 3.24. The first-order chi connectivity index (χ1) is 21.8. The van der Waals surface area contributed by atoms with Gasteiger partial charge in [0.05, 0.1) is 34.1 Å². The van der Waals surface area contributed by atoms with E-state index in [4.69, 9.17) is 9.47 Å². The molecule has 1 amide bonds. The molecular weight excluding hydrogens is 579 g/mol. The van der Waals surface area contributed by atoms with Crippen molar-refractivity contribution < 1.29 is 19.4 Å². The van der Waals surface area contributed by atoms with Gasteiger partial charge in [-0.3, -0.25) is 9.69 Å². The van der Waals surface area contributed by atoms with E-state index in [0.717, 1.165) is 55.9 Å². The van der Waals surface area contributed by atoms with Crippen LogP contribution in [0.1, 0.15) is 38.2 Å². The summed E-state index contributed by atoms with van der Waals surface area (Å²) in [4.78, 5) is 18.3.